The molecule has 0 bridgehead atoms. The molecule has 2 aromatic carbocycles. The highest BCUT2D eigenvalue weighted by Crippen LogP contribution is 2.26. The summed E-state index contributed by atoms with van der Waals surface area (Å²) in [7, 11) is 0. The number of hydrogen-bond donors (Lipinski definition) is 3. The maximum Gasteiger partial charge on any atom is 0.226 e. The number of hydrazine groups is 1. The van der Waals surface area contributed by atoms with Crippen LogP contribution in [0, 0.1) is 11.7 Å². The molecule has 0 saturated carbocycles. The summed E-state index contributed by atoms with van der Waals surface area (Å²) in [6, 6.07) is 15.9. The Kier molecular flexibility index (Phi) is 4.69. The lowest BCUT2D eigenvalue weighted by Gasteiger charge is -2.21. The third-order valence-corrected chi connectivity index (χ3v) is 4.21. The van der Waals surface area contributed by atoms with Crippen LogP contribution in [0.5, 0.6) is 0 Å². The van der Waals surface area contributed by atoms with Gasteiger partial charge in [0, 0.05) is 6.54 Å². The van der Waals surface area contributed by atoms with Crippen LogP contribution in [0.25, 0.3) is 0 Å². The number of carbonyl (C=O) groups excluding carboxylic acids is 1. The van der Waals surface area contributed by atoms with Crippen molar-refractivity contribution in [2.24, 2.45) is 5.92 Å². The topological polar surface area (TPSA) is 53.2 Å². The maximum atomic E-state index is 13.1. The molecule has 2 aromatic rings. The van der Waals surface area contributed by atoms with Gasteiger partial charge in [-0.25, -0.2) is 9.82 Å². The highest BCUT2D eigenvalue weighted by molar-refractivity contribution is 5.80. The van der Waals surface area contributed by atoms with Gasteiger partial charge in [-0.3, -0.25) is 10.2 Å². The molecule has 0 aromatic heterocycles. The fourth-order valence-corrected chi connectivity index (χ4v) is 2.87. The molecule has 23 heavy (non-hydrogen) atoms. The maximum absolute atomic E-state index is 13.1. The Bertz CT molecular complexity index is 660. The largest absolute Gasteiger partial charge is 0.349 e. The molecule has 0 aliphatic carbocycles. The smallest absolute Gasteiger partial charge is 0.226 e. The van der Waals surface area contributed by atoms with Gasteiger partial charge >= 0.3 is 0 Å². The molecule has 1 amide bonds. The summed E-state index contributed by atoms with van der Waals surface area (Å²) in [6.45, 7) is 2.51. The quantitative estimate of drug-likeness (QED) is 0.813. The fourth-order valence-electron chi connectivity index (χ4n) is 2.87. The van der Waals surface area contributed by atoms with E-state index in [2.05, 4.69) is 16.2 Å². The summed E-state index contributed by atoms with van der Waals surface area (Å²) in [5.41, 5.74) is 8.09. The van der Waals surface area contributed by atoms with Gasteiger partial charge in [-0.1, -0.05) is 42.5 Å². The Labute approximate surface area is 135 Å². The van der Waals surface area contributed by atoms with Crippen molar-refractivity contribution in [3.05, 3.63) is 71.5 Å². The Morgan fingerprint density at radius 3 is 2.57 bits per heavy atom. The molecular formula is C18H20FN3O. The first kappa shape index (κ1) is 15.6. The lowest BCUT2D eigenvalue weighted by Crippen LogP contribution is -2.36. The number of nitrogens with one attached hydrogen (secondary N) is 3. The van der Waals surface area contributed by atoms with Crippen molar-refractivity contribution >= 4 is 5.91 Å². The second-order valence-electron chi connectivity index (χ2n) is 5.80. The number of carbonyl (C=O) groups is 1. The van der Waals surface area contributed by atoms with Gasteiger partial charge in [0.25, 0.3) is 0 Å². The van der Waals surface area contributed by atoms with Crippen LogP contribution in [0.1, 0.15) is 30.1 Å². The first-order chi connectivity index (χ1) is 11.1. The fraction of sp³-hybridized carbons (Fsp3) is 0.278. The molecule has 1 aliphatic heterocycles. The second-order valence-corrected chi connectivity index (χ2v) is 5.80. The van der Waals surface area contributed by atoms with Crippen LogP contribution in [-0.4, -0.2) is 12.5 Å². The predicted molar refractivity (Wildman–Crippen MR) is 86.8 cm³/mol. The van der Waals surface area contributed by atoms with Gasteiger partial charge in [0.1, 0.15) is 5.82 Å². The van der Waals surface area contributed by atoms with Crippen molar-refractivity contribution < 1.29 is 9.18 Å². The lowest BCUT2D eigenvalue weighted by atomic mass is 9.93. The SMILES string of the molecule is CC(NC(=O)C1CNNC1c1ccc(F)cc1)c1ccccc1. The number of amides is 1. The molecule has 120 valence electrons. The van der Waals surface area contributed by atoms with E-state index < -0.39 is 0 Å². The van der Waals surface area contributed by atoms with Crippen LogP contribution in [0.3, 0.4) is 0 Å². The number of rotatable bonds is 4. The average molecular weight is 313 g/mol. The highest BCUT2D eigenvalue weighted by Gasteiger charge is 2.34. The minimum absolute atomic E-state index is 0.0202. The molecule has 1 fully saturated rings. The summed E-state index contributed by atoms with van der Waals surface area (Å²) in [6.07, 6.45) is 0. The first-order valence-corrected chi connectivity index (χ1v) is 7.74. The molecule has 3 rings (SSSR count). The minimum atomic E-state index is -0.279. The summed E-state index contributed by atoms with van der Waals surface area (Å²) < 4.78 is 13.1. The molecule has 4 nitrogen and oxygen atoms in total. The Hall–Kier alpha value is -2.24. The molecule has 1 heterocycles. The lowest BCUT2D eigenvalue weighted by molar-refractivity contribution is -0.125. The predicted octanol–water partition coefficient (Wildman–Crippen LogP) is 2.47. The van der Waals surface area contributed by atoms with Crippen molar-refractivity contribution in [2.45, 2.75) is 19.0 Å². The summed E-state index contributed by atoms with van der Waals surface area (Å²) in [5.74, 6) is -0.543. The minimum Gasteiger partial charge on any atom is -0.349 e. The van der Waals surface area contributed by atoms with Crippen molar-refractivity contribution in [1.82, 2.24) is 16.2 Å². The number of halogens is 1. The van der Waals surface area contributed by atoms with Crippen LogP contribution in [-0.2, 0) is 4.79 Å². The van der Waals surface area contributed by atoms with E-state index in [-0.39, 0.29) is 29.7 Å². The highest BCUT2D eigenvalue weighted by atomic mass is 19.1. The first-order valence-electron chi connectivity index (χ1n) is 7.74. The Morgan fingerprint density at radius 1 is 1.17 bits per heavy atom. The van der Waals surface area contributed by atoms with Crippen LogP contribution in [0.4, 0.5) is 4.39 Å². The molecule has 1 saturated heterocycles. The average Bonchev–Trinajstić information content (AvgIpc) is 3.06. The second kappa shape index (κ2) is 6.89. The number of benzene rings is 2. The molecule has 0 radical (unpaired) electrons. The van der Waals surface area contributed by atoms with Gasteiger partial charge in [0.2, 0.25) is 5.91 Å². The van der Waals surface area contributed by atoms with E-state index in [0.29, 0.717) is 6.54 Å². The van der Waals surface area contributed by atoms with Gasteiger partial charge in [-0.15, -0.1) is 0 Å². The number of hydrogen-bond acceptors (Lipinski definition) is 3. The third kappa shape index (κ3) is 3.57. The van der Waals surface area contributed by atoms with Crippen molar-refractivity contribution in [3.63, 3.8) is 0 Å². The summed E-state index contributed by atoms with van der Waals surface area (Å²) in [4.78, 5) is 12.6. The van der Waals surface area contributed by atoms with Gasteiger partial charge in [0.05, 0.1) is 18.0 Å². The van der Waals surface area contributed by atoms with Gasteiger partial charge in [-0.05, 0) is 30.2 Å². The zero-order chi connectivity index (χ0) is 16.2. The normalized spacial score (nSPS) is 21.8. The Balaban J connectivity index is 1.69. The van der Waals surface area contributed by atoms with Crippen molar-refractivity contribution in [1.29, 1.82) is 0 Å². The van der Waals surface area contributed by atoms with E-state index >= 15 is 0 Å². The molecule has 3 N–H and O–H groups in total. The molecule has 5 heteroatoms. The van der Waals surface area contributed by atoms with Crippen molar-refractivity contribution in [2.75, 3.05) is 6.54 Å². The molecule has 1 aliphatic rings. The molecule has 3 atom stereocenters. The molecule has 3 unspecified atom stereocenters. The van der Waals surface area contributed by atoms with Crippen LogP contribution in [0.15, 0.2) is 54.6 Å². The van der Waals surface area contributed by atoms with E-state index in [9.17, 15) is 9.18 Å². The summed E-state index contributed by atoms with van der Waals surface area (Å²) >= 11 is 0. The van der Waals surface area contributed by atoms with Crippen molar-refractivity contribution in [3.8, 4) is 0 Å². The monoisotopic (exact) mass is 313 g/mol. The van der Waals surface area contributed by atoms with Gasteiger partial charge < -0.3 is 5.32 Å². The molecule has 0 spiro atoms. The van der Waals surface area contributed by atoms with Crippen LogP contribution < -0.4 is 16.2 Å². The third-order valence-electron chi connectivity index (χ3n) is 4.21. The zero-order valence-electron chi connectivity index (χ0n) is 12.9. The molecular weight excluding hydrogens is 293 g/mol. The van der Waals surface area contributed by atoms with Gasteiger partial charge in [0.15, 0.2) is 0 Å². The Morgan fingerprint density at radius 2 is 1.87 bits per heavy atom. The van der Waals surface area contributed by atoms with Crippen LogP contribution >= 0.6 is 0 Å². The van der Waals surface area contributed by atoms with Crippen LogP contribution in [0.2, 0.25) is 0 Å². The van der Waals surface area contributed by atoms with Gasteiger partial charge in [-0.2, -0.15) is 0 Å². The van der Waals surface area contributed by atoms with E-state index in [0.717, 1.165) is 11.1 Å². The van der Waals surface area contributed by atoms with E-state index in [1.807, 2.05) is 37.3 Å². The van der Waals surface area contributed by atoms with E-state index in [4.69, 9.17) is 0 Å². The van der Waals surface area contributed by atoms with E-state index in [1.54, 1.807) is 12.1 Å². The van der Waals surface area contributed by atoms with E-state index in [1.165, 1.54) is 12.1 Å². The summed E-state index contributed by atoms with van der Waals surface area (Å²) in [5, 5.41) is 3.06. The standard InChI is InChI=1S/C18H20FN3O/c1-12(13-5-3-2-4-6-13)21-18(23)16-11-20-22-17(16)14-7-9-15(19)10-8-14/h2-10,12,16-17,20,22H,11H2,1H3,(H,21,23). The zero-order valence-corrected chi connectivity index (χ0v) is 12.9.